The van der Waals surface area contributed by atoms with E-state index in [9.17, 15) is 13.2 Å². The molecular formula is C13H15ClN2O4S. The minimum absolute atomic E-state index is 0.0274. The largest absolute Gasteiger partial charge is 0.481 e. The molecule has 0 bridgehead atoms. The summed E-state index contributed by atoms with van der Waals surface area (Å²) in [7, 11) is -4.00. The lowest BCUT2D eigenvalue weighted by atomic mass is 10.2. The summed E-state index contributed by atoms with van der Waals surface area (Å²) in [5.41, 5.74) is -0.0274. The van der Waals surface area contributed by atoms with Crippen molar-refractivity contribution in [3.63, 3.8) is 0 Å². The maximum atomic E-state index is 12.6. The number of carboxylic acid groups (broad SMARTS) is 1. The molecule has 0 saturated carbocycles. The van der Waals surface area contributed by atoms with Gasteiger partial charge in [-0.1, -0.05) is 11.6 Å². The third-order valence-corrected chi connectivity index (χ3v) is 5.12. The molecule has 0 saturated heterocycles. The van der Waals surface area contributed by atoms with Gasteiger partial charge in [-0.15, -0.1) is 0 Å². The first-order chi connectivity index (χ1) is 9.70. The van der Waals surface area contributed by atoms with E-state index in [0.717, 1.165) is 4.31 Å². The molecule has 0 radical (unpaired) electrons. The van der Waals surface area contributed by atoms with Crippen molar-refractivity contribution in [1.29, 1.82) is 5.26 Å². The van der Waals surface area contributed by atoms with Crippen molar-refractivity contribution in [1.82, 2.24) is 4.31 Å². The summed E-state index contributed by atoms with van der Waals surface area (Å²) in [6.07, 6.45) is -0.320. The lowest BCUT2D eigenvalue weighted by molar-refractivity contribution is -0.137. The molecule has 0 spiro atoms. The Morgan fingerprint density at radius 2 is 2.10 bits per heavy atom. The Bertz CT molecular complexity index is 680. The van der Waals surface area contributed by atoms with Crippen LogP contribution in [0.4, 0.5) is 0 Å². The fourth-order valence-corrected chi connectivity index (χ4v) is 3.83. The van der Waals surface area contributed by atoms with E-state index in [1.165, 1.54) is 18.2 Å². The number of hydrogen-bond acceptors (Lipinski definition) is 4. The van der Waals surface area contributed by atoms with E-state index in [1.807, 2.05) is 0 Å². The van der Waals surface area contributed by atoms with Crippen LogP contribution in [0, 0.1) is 11.3 Å². The van der Waals surface area contributed by atoms with Gasteiger partial charge in [0.1, 0.15) is 11.0 Å². The number of carboxylic acids is 1. The quantitative estimate of drug-likeness (QED) is 0.861. The molecule has 0 aromatic heterocycles. The summed E-state index contributed by atoms with van der Waals surface area (Å²) in [5, 5.41) is 18.0. The Hall–Kier alpha value is -1.62. The lowest BCUT2D eigenvalue weighted by Gasteiger charge is -2.25. The van der Waals surface area contributed by atoms with Crippen LogP contribution in [0.15, 0.2) is 23.1 Å². The molecule has 8 heteroatoms. The number of nitrogens with zero attached hydrogens (tertiary/aromatic N) is 2. The van der Waals surface area contributed by atoms with Crippen molar-refractivity contribution in [2.24, 2.45) is 0 Å². The molecule has 0 amide bonds. The average Bonchev–Trinajstić information content (AvgIpc) is 2.37. The highest BCUT2D eigenvalue weighted by atomic mass is 35.5. The van der Waals surface area contributed by atoms with Crippen molar-refractivity contribution in [2.75, 3.05) is 6.54 Å². The van der Waals surface area contributed by atoms with E-state index in [2.05, 4.69) is 0 Å². The molecule has 0 unspecified atom stereocenters. The molecule has 1 N–H and O–H groups in total. The molecule has 0 aliphatic carbocycles. The maximum Gasteiger partial charge on any atom is 0.304 e. The lowest BCUT2D eigenvalue weighted by Crippen LogP contribution is -2.38. The second kappa shape index (κ2) is 6.89. The Morgan fingerprint density at radius 3 is 2.57 bits per heavy atom. The summed E-state index contributed by atoms with van der Waals surface area (Å²) in [4.78, 5) is 10.5. The van der Waals surface area contributed by atoms with Crippen LogP contribution in [-0.2, 0) is 14.8 Å². The van der Waals surface area contributed by atoms with E-state index in [4.69, 9.17) is 22.0 Å². The summed E-state index contributed by atoms with van der Waals surface area (Å²) in [6.45, 7) is 3.10. The predicted molar refractivity (Wildman–Crippen MR) is 77.4 cm³/mol. The highest BCUT2D eigenvalue weighted by Crippen LogP contribution is 2.25. The van der Waals surface area contributed by atoms with Crippen molar-refractivity contribution >= 4 is 27.6 Å². The molecule has 0 heterocycles. The fourth-order valence-electron chi connectivity index (χ4n) is 1.79. The number of hydrogen-bond donors (Lipinski definition) is 1. The molecular weight excluding hydrogens is 316 g/mol. The summed E-state index contributed by atoms with van der Waals surface area (Å²) < 4.78 is 26.3. The van der Waals surface area contributed by atoms with Gasteiger partial charge >= 0.3 is 5.97 Å². The third kappa shape index (κ3) is 4.17. The zero-order valence-corrected chi connectivity index (χ0v) is 13.1. The average molecular weight is 331 g/mol. The first kappa shape index (κ1) is 17.4. The normalized spacial score (nSPS) is 11.6. The molecule has 1 aromatic rings. The van der Waals surface area contributed by atoms with Gasteiger partial charge in [0.2, 0.25) is 10.0 Å². The first-order valence-electron chi connectivity index (χ1n) is 6.13. The van der Waals surface area contributed by atoms with Crippen LogP contribution in [0.5, 0.6) is 0 Å². The van der Waals surface area contributed by atoms with Crippen molar-refractivity contribution in [3.05, 3.63) is 28.8 Å². The predicted octanol–water partition coefficient (Wildman–Crippen LogP) is 2.09. The highest BCUT2D eigenvalue weighted by molar-refractivity contribution is 7.89. The highest BCUT2D eigenvalue weighted by Gasteiger charge is 2.29. The van der Waals surface area contributed by atoms with Gasteiger partial charge < -0.3 is 5.11 Å². The van der Waals surface area contributed by atoms with E-state index in [1.54, 1.807) is 19.9 Å². The van der Waals surface area contributed by atoms with Crippen molar-refractivity contribution < 1.29 is 18.3 Å². The number of nitriles is 1. The number of sulfonamides is 1. The van der Waals surface area contributed by atoms with Crippen molar-refractivity contribution in [2.45, 2.75) is 31.2 Å². The van der Waals surface area contributed by atoms with Gasteiger partial charge in [-0.2, -0.15) is 9.57 Å². The smallest absolute Gasteiger partial charge is 0.304 e. The van der Waals surface area contributed by atoms with Crippen LogP contribution in [0.2, 0.25) is 5.02 Å². The Morgan fingerprint density at radius 1 is 1.48 bits per heavy atom. The molecule has 21 heavy (non-hydrogen) atoms. The zero-order chi connectivity index (χ0) is 16.2. The van der Waals surface area contributed by atoms with Gasteiger partial charge in [0.25, 0.3) is 0 Å². The number of rotatable bonds is 6. The van der Waals surface area contributed by atoms with E-state index >= 15 is 0 Å². The molecule has 0 fully saturated rings. The van der Waals surface area contributed by atoms with Gasteiger partial charge in [0, 0.05) is 17.6 Å². The SMILES string of the molecule is CC(C)N(CCC(=O)O)S(=O)(=O)c1cc(Cl)ccc1C#N. The van der Waals surface area contributed by atoms with Gasteiger partial charge in [-0.3, -0.25) is 4.79 Å². The summed E-state index contributed by atoms with van der Waals surface area (Å²) >= 11 is 5.81. The Balaban J connectivity index is 3.33. The van der Waals surface area contributed by atoms with Gasteiger partial charge in [-0.05, 0) is 32.0 Å². The van der Waals surface area contributed by atoms with Crippen LogP contribution >= 0.6 is 11.6 Å². The summed E-state index contributed by atoms with van der Waals surface area (Å²) in [6, 6.07) is 5.31. The maximum absolute atomic E-state index is 12.6. The second-order valence-corrected chi connectivity index (χ2v) is 6.90. The first-order valence-corrected chi connectivity index (χ1v) is 7.95. The van der Waals surface area contributed by atoms with E-state index < -0.39 is 22.0 Å². The van der Waals surface area contributed by atoms with Crippen LogP contribution in [0.3, 0.4) is 0 Å². The fraction of sp³-hybridized carbons (Fsp3) is 0.385. The summed E-state index contributed by atoms with van der Waals surface area (Å²) in [5.74, 6) is -1.09. The Labute approximate surface area is 128 Å². The minimum atomic E-state index is -4.00. The van der Waals surface area contributed by atoms with E-state index in [-0.39, 0.29) is 28.4 Å². The number of benzene rings is 1. The van der Waals surface area contributed by atoms with Crippen molar-refractivity contribution in [3.8, 4) is 6.07 Å². The topological polar surface area (TPSA) is 98.5 Å². The molecule has 114 valence electrons. The minimum Gasteiger partial charge on any atom is -0.481 e. The second-order valence-electron chi connectivity index (χ2n) is 4.61. The molecule has 0 aliphatic rings. The molecule has 6 nitrogen and oxygen atoms in total. The molecule has 0 atom stereocenters. The van der Waals surface area contributed by atoms with Crippen LogP contribution < -0.4 is 0 Å². The van der Waals surface area contributed by atoms with Gasteiger partial charge in [0.15, 0.2) is 0 Å². The standard InChI is InChI=1S/C13H15ClN2O4S/c1-9(2)16(6-5-13(17)18)21(19,20)12-7-11(14)4-3-10(12)8-15/h3-4,7,9H,5-6H2,1-2H3,(H,17,18). The van der Waals surface area contributed by atoms with Gasteiger partial charge in [0.05, 0.1) is 12.0 Å². The zero-order valence-electron chi connectivity index (χ0n) is 11.6. The molecule has 1 aromatic carbocycles. The number of halogens is 1. The van der Waals surface area contributed by atoms with Crippen LogP contribution in [0.25, 0.3) is 0 Å². The third-order valence-electron chi connectivity index (χ3n) is 2.77. The van der Waals surface area contributed by atoms with Gasteiger partial charge in [-0.25, -0.2) is 8.42 Å². The number of aliphatic carboxylic acids is 1. The van der Waals surface area contributed by atoms with Crippen LogP contribution in [-0.4, -0.2) is 36.4 Å². The van der Waals surface area contributed by atoms with E-state index in [0.29, 0.717) is 0 Å². The van der Waals surface area contributed by atoms with Crippen LogP contribution in [0.1, 0.15) is 25.8 Å². The molecule has 0 aliphatic heterocycles. The Kier molecular flexibility index (Phi) is 5.72. The molecule has 1 rings (SSSR count). The monoisotopic (exact) mass is 330 g/mol. The number of carbonyl (C=O) groups is 1.